The molecule has 6 heteroatoms. The number of aromatic amines is 1. The number of nitrogens with one attached hydrogen (secondary N) is 2. The monoisotopic (exact) mass is 419 g/mol. The minimum Gasteiger partial charge on any atom is -0.395 e. The number of para-hydroxylation sites is 1. The van der Waals surface area contributed by atoms with Crippen LogP contribution in [0.5, 0.6) is 0 Å². The summed E-state index contributed by atoms with van der Waals surface area (Å²) in [4.78, 5) is 17.2. The average Bonchev–Trinajstić information content (AvgIpc) is 3.40. The van der Waals surface area contributed by atoms with E-state index in [1.165, 1.54) is 28.2 Å². The first kappa shape index (κ1) is 21.3. The van der Waals surface area contributed by atoms with Crippen LogP contribution >= 0.6 is 0 Å². The van der Waals surface area contributed by atoms with Crippen molar-refractivity contribution in [2.75, 3.05) is 19.7 Å². The largest absolute Gasteiger partial charge is 0.395 e. The summed E-state index contributed by atoms with van der Waals surface area (Å²) < 4.78 is 0. The normalized spacial score (nSPS) is 16.1. The SMILES string of the molecule is C/C(=C\C(=O)NO)c1ccc2c(c1)CCC2N(CCO)CCc1c[nH]c2ccccc12. The number of fused-ring (bicyclic) bond motifs is 2. The Bertz CT molecular complexity index is 1100. The van der Waals surface area contributed by atoms with Gasteiger partial charge in [0.1, 0.15) is 0 Å². The average molecular weight is 420 g/mol. The minimum atomic E-state index is -0.526. The summed E-state index contributed by atoms with van der Waals surface area (Å²) >= 11 is 0. The van der Waals surface area contributed by atoms with Crippen molar-refractivity contribution in [3.05, 3.63) is 77.0 Å². The lowest BCUT2D eigenvalue weighted by atomic mass is 9.99. The number of aliphatic hydroxyl groups excluding tert-OH is 1. The highest BCUT2D eigenvalue weighted by Crippen LogP contribution is 2.37. The van der Waals surface area contributed by atoms with Gasteiger partial charge in [0.2, 0.25) is 0 Å². The van der Waals surface area contributed by atoms with E-state index in [9.17, 15) is 9.90 Å². The molecule has 1 aliphatic carbocycles. The summed E-state index contributed by atoms with van der Waals surface area (Å²) in [5.74, 6) is -0.526. The summed E-state index contributed by atoms with van der Waals surface area (Å²) in [6.07, 6.45) is 6.41. The van der Waals surface area contributed by atoms with Gasteiger partial charge < -0.3 is 10.1 Å². The third kappa shape index (κ3) is 4.56. The summed E-state index contributed by atoms with van der Waals surface area (Å²) in [5, 5.41) is 19.7. The summed E-state index contributed by atoms with van der Waals surface area (Å²) in [7, 11) is 0. The maximum Gasteiger partial charge on any atom is 0.267 e. The molecule has 1 amide bonds. The van der Waals surface area contributed by atoms with Gasteiger partial charge in [-0.3, -0.25) is 14.9 Å². The standard InChI is InChI=1S/C25H29N3O3/c1-17(14-25(30)27-31)18-6-8-22-19(15-18)7-9-24(22)28(12-13-29)11-10-20-16-26-23-5-3-2-4-21(20)23/h2-6,8,14-16,24,26,29,31H,7,9-13H2,1H3,(H,27,30)/b17-14+. The summed E-state index contributed by atoms with van der Waals surface area (Å²) in [5.41, 5.74) is 8.48. The van der Waals surface area contributed by atoms with Crippen LogP contribution in [0.2, 0.25) is 0 Å². The van der Waals surface area contributed by atoms with E-state index in [1.807, 2.05) is 19.1 Å². The molecule has 0 fully saturated rings. The molecule has 1 unspecified atom stereocenters. The van der Waals surface area contributed by atoms with Crippen LogP contribution in [0.4, 0.5) is 0 Å². The zero-order valence-electron chi connectivity index (χ0n) is 17.8. The van der Waals surface area contributed by atoms with E-state index in [0.717, 1.165) is 42.5 Å². The molecular formula is C25H29N3O3. The van der Waals surface area contributed by atoms with Crippen LogP contribution in [0.25, 0.3) is 16.5 Å². The Kier molecular flexibility index (Phi) is 6.51. The Hall–Kier alpha value is -2.93. The fraction of sp³-hybridized carbons (Fsp3) is 0.320. The number of amides is 1. The number of nitrogens with zero attached hydrogens (tertiary/aromatic N) is 1. The predicted molar refractivity (Wildman–Crippen MR) is 122 cm³/mol. The van der Waals surface area contributed by atoms with Gasteiger partial charge in [0, 0.05) is 42.3 Å². The molecule has 1 atom stereocenters. The topological polar surface area (TPSA) is 88.6 Å². The molecule has 0 saturated carbocycles. The molecule has 31 heavy (non-hydrogen) atoms. The van der Waals surface area contributed by atoms with Gasteiger partial charge in [-0.05, 0) is 60.1 Å². The first-order valence-corrected chi connectivity index (χ1v) is 10.8. The third-order valence-electron chi connectivity index (χ3n) is 6.27. The second-order valence-electron chi connectivity index (χ2n) is 8.14. The molecule has 1 aliphatic rings. The number of H-pyrrole nitrogens is 1. The van der Waals surface area contributed by atoms with Crippen LogP contribution in [-0.2, 0) is 17.6 Å². The lowest BCUT2D eigenvalue weighted by Gasteiger charge is -2.29. The number of aromatic nitrogens is 1. The van der Waals surface area contributed by atoms with Crippen molar-refractivity contribution in [3.63, 3.8) is 0 Å². The van der Waals surface area contributed by atoms with E-state index in [2.05, 4.69) is 46.4 Å². The Morgan fingerprint density at radius 1 is 1.26 bits per heavy atom. The van der Waals surface area contributed by atoms with E-state index in [1.54, 1.807) is 5.48 Å². The maximum atomic E-state index is 11.4. The Balaban J connectivity index is 1.51. The number of aliphatic hydroxyl groups is 1. The number of aryl methyl sites for hydroxylation is 1. The van der Waals surface area contributed by atoms with Crippen LogP contribution in [0.1, 0.15) is 41.6 Å². The molecule has 4 rings (SSSR count). The first-order chi connectivity index (χ1) is 15.1. The van der Waals surface area contributed by atoms with Crippen molar-refractivity contribution >= 4 is 22.4 Å². The number of carbonyl (C=O) groups excluding carboxylic acids is 1. The number of benzene rings is 2. The van der Waals surface area contributed by atoms with Crippen molar-refractivity contribution in [1.29, 1.82) is 0 Å². The van der Waals surface area contributed by atoms with Gasteiger partial charge in [0.05, 0.1) is 6.61 Å². The smallest absolute Gasteiger partial charge is 0.267 e. The van der Waals surface area contributed by atoms with E-state index in [0.29, 0.717) is 6.54 Å². The molecule has 162 valence electrons. The predicted octanol–water partition coefficient (Wildman–Crippen LogP) is 3.60. The first-order valence-electron chi connectivity index (χ1n) is 10.8. The van der Waals surface area contributed by atoms with Crippen molar-refractivity contribution in [3.8, 4) is 0 Å². The Morgan fingerprint density at radius 2 is 2.10 bits per heavy atom. The van der Waals surface area contributed by atoms with Crippen LogP contribution in [0.15, 0.2) is 54.7 Å². The van der Waals surface area contributed by atoms with Gasteiger partial charge in [-0.25, -0.2) is 5.48 Å². The van der Waals surface area contributed by atoms with Crippen molar-refractivity contribution in [2.24, 2.45) is 0 Å². The van der Waals surface area contributed by atoms with Crippen LogP contribution in [-0.4, -0.2) is 45.8 Å². The van der Waals surface area contributed by atoms with Crippen molar-refractivity contribution in [1.82, 2.24) is 15.4 Å². The molecule has 1 heterocycles. The zero-order chi connectivity index (χ0) is 21.8. The van der Waals surface area contributed by atoms with E-state index >= 15 is 0 Å². The molecule has 1 aromatic heterocycles. The maximum absolute atomic E-state index is 11.4. The molecule has 0 saturated heterocycles. The van der Waals surface area contributed by atoms with Gasteiger partial charge in [0.15, 0.2) is 0 Å². The van der Waals surface area contributed by atoms with Gasteiger partial charge in [0.25, 0.3) is 5.91 Å². The second-order valence-corrected chi connectivity index (χ2v) is 8.14. The number of hydroxylamine groups is 1. The highest BCUT2D eigenvalue weighted by atomic mass is 16.5. The quantitative estimate of drug-likeness (QED) is 0.255. The van der Waals surface area contributed by atoms with Crippen LogP contribution in [0.3, 0.4) is 0 Å². The number of carbonyl (C=O) groups is 1. The van der Waals surface area contributed by atoms with Gasteiger partial charge in [-0.15, -0.1) is 0 Å². The van der Waals surface area contributed by atoms with Gasteiger partial charge in [-0.2, -0.15) is 0 Å². The molecule has 0 aliphatic heterocycles. The van der Waals surface area contributed by atoms with Crippen molar-refractivity contribution in [2.45, 2.75) is 32.2 Å². The van der Waals surface area contributed by atoms with Crippen molar-refractivity contribution < 1.29 is 15.1 Å². The third-order valence-corrected chi connectivity index (χ3v) is 6.27. The second kappa shape index (κ2) is 9.47. The number of rotatable bonds is 8. The summed E-state index contributed by atoms with van der Waals surface area (Å²) in [6, 6.07) is 15.0. The molecule has 0 radical (unpaired) electrons. The van der Waals surface area contributed by atoms with Gasteiger partial charge in [-0.1, -0.05) is 36.4 Å². The van der Waals surface area contributed by atoms with E-state index in [-0.39, 0.29) is 12.6 Å². The van der Waals surface area contributed by atoms with Crippen LogP contribution < -0.4 is 5.48 Å². The van der Waals surface area contributed by atoms with E-state index < -0.39 is 5.91 Å². The lowest BCUT2D eigenvalue weighted by Crippen LogP contribution is -2.32. The molecule has 0 spiro atoms. The minimum absolute atomic E-state index is 0.135. The number of allylic oxidation sites excluding steroid dienone is 1. The highest BCUT2D eigenvalue weighted by Gasteiger charge is 2.28. The number of hydrogen-bond donors (Lipinski definition) is 4. The lowest BCUT2D eigenvalue weighted by molar-refractivity contribution is -0.124. The molecule has 6 nitrogen and oxygen atoms in total. The Labute approximate surface area is 182 Å². The highest BCUT2D eigenvalue weighted by molar-refractivity contribution is 5.94. The molecular weight excluding hydrogens is 390 g/mol. The van der Waals surface area contributed by atoms with Crippen LogP contribution in [0, 0.1) is 0 Å². The molecule has 2 aromatic carbocycles. The van der Waals surface area contributed by atoms with Gasteiger partial charge >= 0.3 is 0 Å². The fourth-order valence-corrected chi connectivity index (χ4v) is 4.69. The molecule has 0 bridgehead atoms. The van der Waals surface area contributed by atoms with E-state index in [4.69, 9.17) is 5.21 Å². The molecule has 3 aromatic rings. The Morgan fingerprint density at radius 3 is 2.90 bits per heavy atom. The zero-order valence-corrected chi connectivity index (χ0v) is 17.8. The summed E-state index contributed by atoms with van der Waals surface area (Å²) in [6.45, 7) is 3.52. The number of hydrogen-bond acceptors (Lipinski definition) is 4. The molecule has 4 N–H and O–H groups in total. The fourth-order valence-electron chi connectivity index (χ4n) is 4.69.